The van der Waals surface area contributed by atoms with E-state index < -0.39 is 0 Å². The lowest BCUT2D eigenvalue weighted by molar-refractivity contribution is -0.135. The van der Waals surface area contributed by atoms with Crippen LogP contribution in [0.5, 0.6) is 5.75 Å². The van der Waals surface area contributed by atoms with E-state index in [1.54, 1.807) is 4.90 Å². The fourth-order valence-corrected chi connectivity index (χ4v) is 2.80. The van der Waals surface area contributed by atoms with Crippen molar-refractivity contribution in [3.63, 3.8) is 0 Å². The summed E-state index contributed by atoms with van der Waals surface area (Å²) in [6, 6.07) is 6.18. The van der Waals surface area contributed by atoms with Gasteiger partial charge >= 0.3 is 0 Å². The molecule has 1 aromatic carbocycles. The minimum atomic E-state index is 0.130. The van der Waals surface area contributed by atoms with Crippen molar-refractivity contribution in [3.8, 4) is 5.75 Å². The van der Waals surface area contributed by atoms with Crippen LogP contribution in [0.1, 0.15) is 24.0 Å². The number of aryl methyl sites for hydroxylation is 2. The molecule has 1 unspecified atom stereocenters. The summed E-state index contributed by atoms with van der Waals surface area (Å²) in [7, 11) is 1.86. The van der Waals surface area contributed by atoms with E-state index in [1.165, 1.54) is 11.1 Å². The summed E-state index contributed by atoms with van der Waals surface area (Å²) < 4.78 is 5.77. The summed E-state index contributed by atoms with van der Waals surface area (Å²) in [5, 5.41) is 3.29. The monoisotopic (exact) mass is 290 g/mol. The Kier molecular flexibility index (Phi) is 5.62. The minimum absolute atomic E-state index is 0.130. The summed E-state index contributed by atoms with van der Waals surface area (Å²) in [5.41, 5.74) is 2.39. The molecule has 1 aliphatic heterocycles. The predicted octanol–water partition coefficient (Wildman–Crippen LogP) is 2.14. The zero-order valence-corrected chi connectivity index (χ0v) is 13.3. The Hall–Kier alpha value is -1.55. The quantitative estimate of drug-likeness (QED) is 0.903. The van der Waals surface area contributed by atoms with Crippen molar-refractivity contribution in [1.82, 2.24) is 10.2 Å². The largest absolute Gasteiger partial charge is 0.492 e. The number of piperidine rings is 1. The molecule has 0 aliphatic carbocycles. The first kappa shape index (κ1) is 15.8. The van der Waals surface area contributed by atoms with Crippen molar-refractivity contribution in [3.05, 3.63) is 29.3 Å². The smallest absolute Gasteiger partial charge is 0.226 e. The fraction of sp³-hybridized carbons (Fsp3) is 0.588. The van der Waals surface area contributed by atoms with E-state index in [1.807, 2.05) is 19.2 Å². The van der Waals surface area contributed by atoms with Crippen LogP contribution in [0.3, 0.4) is 0 Å². The first-order valence-corrected chi connectivity index (χ1v) is 7.73. The summed E-state index contributed by atoms with van der Waals surface area (Å²) in [6.45, 7) is 7.12. The minimum Gasteiger partial charge on any atom is -0.492 e. The van der Waals surface area contributed by atoms with Gasteiger partial charge in [-0.15, -0.1) is 0 Å². The van der Waals surface area contributed by atoms with Crippen LogP contribution < -0.4 is 10.1 Å². The number of nitrogens with zero attached hydrogens (tertiary/aromatic N) is 1. The molecule has 1 saturated heterocycles. The lowest BCUT2D eigenvalue weighted by Crippen LogP contribution is -2.42. The van der Waals surface area contributed by atoms with Gasteiger partial charge in [-0.1, -0.05) is 6.07 Å². The second-order valence-corrected chi connectivity index (χ2v) is 5.97. The van der Waals surface area contributed by atoms with Gasteiger partial charge in [-0.05, 0) is 56.5 Å². The van der Waals surface area contributed by atoms with Crippen molar-refractivity contribution in [1.29, 1.82) is 0 Å². The van der Waals surface area contributed by atoms with Gasteiger partial charge in [0.25, 0.3) is 0 Å². The van der Waals surface area contributed by atoms with Gasteiger partial charge in [0.05, 0.1) is 12.5 Å². The van der Waals surface area contributed by atoms with Gasteiger partial charge < -0.3 is 15.0 Å². The summed E-state index contributed by atoms with van der Waals surface area (Å²) in [4.78, 5) is 14.1. The third-order valence-electron chi connectivity index (χ3n) is 3.91. The molecule has 4 nitrogen and oxygen atoms in total. The molecule has 1 heterocycles. The van der Waals surface area contributed by atoms with E-state index in [4.69, 9.17) is 4.74 Å². The molecule has 116 valence electrons. The van der Waals surface area contributed by atoms with E-state index in [0.717, 1.165) is 31.7 Å². The Morgan fingerprint density at radius 3 is 2.67 bits per heavy atom. The molecule has 0 aromatic heterocycles. The highest BCUT2D eigenvalue weighted by Crippen LogP contribution is 2.16. The maximum Gasteiger partial charge on any atom is 0.226 e. The SMILES string of the molecule is Cc1cc(C)cc(OCCN(C)C(=O)C2CCCNC2)c1. The number of nitrogens with one attached hydrogen (secondary N) is 1. The zero-order chi connectivity index (χ0) is 15.2. The lowest BCUT2D eigenvalue weighted by Gasteiger charge is -2.27. The van der Waals surface area contributed by atoms with Crippen LogP contribution >= 0.6 is 0 Å². The number of likely N-dealkylation sites (N-methyl/N-ethyl adjacent to an activating group) is 1. The molecule has 1 aliphatic rings. The number of carbonyl (C=O) groups excluding carboxylic acids is 1. The van der Waals surface area contributed by atoms with Gasteiger partial charge in [-0.25, -0.2) is 0 Å². The second-order valence-electron chi connectivity index (χ2n) is 5.97. The summed E-state index contributed by atoms with van der Waals surface area (Å²) in [6.07, 6.45) is 2.08. The Labute approximate surface area is 127 Å². The highest BCUT2D eigenvalue weighted by atomic mass is 16.5. The van der Waals surface area contributed by atoms with Gasteiger partial charge in [0.1, 0.15) is 12.4 Å². The molecule has 2 rings (SSSR count). The fourth-order valence-electron chi connectivity index (χ4n) is 2.80. The van der Waals surface area contributed by atoms with Gasteiger partial charge in [0, 0.05) is 13.6 Å². The second kappa shape index (κ2) is 7.46. The molecule has 0 bridgehead atoms. The van der Waals surface area contributed by atoms with E-state index in [2.05, 4.69) is 25.2 Å². The number of hydrogen-bond acceptors (Lipinski definition) is 3. The Morgan fingerprint density at radius 2 is 2.05 bits per heavy atom. The molecular formula is C17H26N2O2. The maximum atomic E-state index is 12.3. The van der Waals surface area contributed by atoms with E-state index in [9.17, 15) is 4.79 Å². The van der Waals surface area contributed by atoms with E-state index in [-0.39, 0.29) is 11.8 Å². The van der Waals surface area contributed by atoms with Crippen LogP contribution in [0.15, 0.2) is 18.2 Å². The number of hydrogen-bond donors (Lipinski definition) is 1. The van der Waals surface area contributed by atoms with E-state index in [0.29, 0.717) is 13.2 Å². The number of amides is 1. The Bertz CT molecular complexity index is 461. The highest BCUT2D eigenvalue weighted by molar-refractivity contribution is 5.78. The third kappa shape index (κ3) is 4.74. The van der Waals surface area contributed by atoms with Crippen molar-refractivity contribution in [2.75, 3.05) is 33.3 Å². The number of rotatable bonds is 5. The molecule has 1 amide bonds. The highest BCUT2D eigenvalue weighted by Gasteiger charge is 2.23. The predicted molar refractivity (Wildman–Crippen MR) is 84.6 cm³/mol. The van der Waals surface area contributed by atoms with Crippen LogP contribution in [-0.2, 0) is 4.79 Å². The molecule has 0 spiro atoms. The average Bonchev–Trinajstić information content (AvgIpc) is 2.46. The van der Waals surface area contributed by atoms with Crippen molar-refractivity contribution < 1.29 is 9.53 Å². The standard InChI is InChI=1S/C17H26N2O2/c1-13-9-14(2)11-16(10-13)21-8-7-19(3)17(20)15-5-4-6-18-12-15/h9-11,15,18H,4-8,12H2,1-3H3. The molecule has 0 radical (unpaired) electrons. The third-order valence-corrected chi connectivity index (χ3v) is 3.91. The van der Waals surface area contributed by atoms with Crippen LogP contribution in [0.4, 0.5) is 0 Å². The summed E-state index contributed by atoms with van der Waals surface area (Å²) >= 11 is 0. The van der Waals surface area contributed by atoms with Crippen LogP contribution in [0.2, 0.25) is 0 Å². The lowest BCUT2D eigenvalue weighted by atomic mass is 9.98. The van der Waals surface area contributed by atoms with Crippen LogP contribution in [0.25, 0.3) is 0 Å². The molecule has 1 fully saturated rings. The number of carbonyl (C=O) groups is 1. The normalized spacial score (nSPS) is 18.3. The molecule has 1 N–H and O–H groups in total. The number of benzene rings is 1. The van der Waals surface area contributed by atoms with E-state index >= 15 is 0 Å². The first-order valence-electron chi connectivity index (χ1n) is 7.73. The van der Waals surface area contributed by atoms with Gasteiger partial charge in [0.2, 0.25) is 5.91 Å². The van der Waals surface area contributed by atoms with Crippen LogP contribution in [0, 0.1) is 19.8 Å². The molecule has 1 aromatic rings. The average molecular weight is 290 g/mol. The molecular weight excluding hydrogens is 264 g/mol. The first-order chi connectivity index (χ1) is 10.1. The Morgan fingerprint density at radius 1 is 1.33 bits per heavy atom. The number of ether oxygens (including phenoxy) is 1. The van der Waals surface area contributed by atoms with Crippen molar-refractivity contribution in [2.24, 2.45) is 5.92 Å². The van der Waals surface area contributed by atoms with Gasteiger partial charge in [-0.2, -0.15) is 0 Å². The molecule has 21 heavy (non-hydrogen) atoms. The zero-order valence-electron chi connectivity index (χ0n) is 13.3. The van der Waals surface area contributed by atoms with Gasteiger partial charge in [0.15, 0.2) is 0 Å². The summed E-state index contributed by atoms with van der Waals surface area (Å²) in [5.74, 6) is 1.24. The molecule has 4 heteroatoms. The molecule has 0 saturated carbocycles. The van der Waals surface area contributed by atoms with Gasteiger partial charge in [-0.3, -0.25) is 4.79 Å². The topological polar surface area (TPSA) is 41.6 Å². The van der Waals surface area contributed by atoms with Crippen molar-refractivity contribution in [2.45, 2.75) is 26.7 Å². The Balaban J connectivity index is 1.78. The van der Waals surface area contributed by atoms with Crippen LogP contribution in [-0.4, -0.2) is 44.1 Å². The van der Waals surface area contributed by atoms with Crippen molar-refractivity contribution >= 4 is 5.91 Å². The maximum absolute atomic E-state index is 12.3. The molecule has 1 atom stereocenters.